The van der Waals surface area contributed by atoms with Gasteiger partial charge in [-0.05, 0) is 38.3 Å². The second-order valence-electron chi connectivity index (χ2n) is 6.17. The van der Waals surface area contributed by atoms with Crippen LogP contribution in [0.25, 0.3) is 0 Å². The van der Waals surface area contributed by atoms with Gasteiger partial charge in [-0.3, -0.25) is 4.98 Å². The predicted octanol–water partition coefficient (Wildman–Crippen LogP) is 2.89. The van der Waals surface area contributed by atoms with E-state index in [0.29, 0.717) is 11.6 Å². The Morgan fingerprint density at radius 2 is 2.21 bits per heavy atom. The third-order valence-electron chi connectivity index (χ3n) is 4.95. The summed E-state index contributed by atoms with van der Waals surface area (Å²) in [6.07, 6.45) is 8.51. The average Bonchev–Trinajstić information content (AvgIpc) is 2.88. The molecule has 1 N–H and O–H groups in total. The van der Waals surface area contributed by atoms with Gasteiger partial charge in [-0.25, -0.2) is 0 Å². The maximum Gasteiger partial charge on any atom is 0.0605 e. The lowest BCUT2D eigenvalue weighted by Crippen LogP contribution is -2.63. The Morgan fingerprint density at radius 1 is 1.42 bits per heavy atom. The van der Waals surface area contributed by atoms with Gasteiger partial charge in [-0.2, -0.15) is 0 Å². The van der Waals surface area contributed by atoms with Crippen LogP contribution in [0.15, 0.2) is 18.3 Å². The standard InChI is InChI=1S/C16H25N3/c1-3-14-11-18-16(8-4-5-9-16)12-19(14)15-7-6-10-17-13(15)2/h6-7,10,14,18H,3-5,8-9,11-12H2,1-2H3. The third-order valence-corrected chi connectivity index (χ3v) is 4.95. The Labute approximate surface area is 116 Å². The van der Waals surface area contributed by atoms with E-state index in [9.17, 15) is 0 Å². The molecule has 2 aliphatic rings. The van der Waals surface area contributed by atoms with Crippen molar-refractivity contribution in [1.82, 2.24) is 10.3 Å². The van der Waals surface area contributed by atoms with Crippen LogP contribution in [0.3, 0.4) is 0 Å². The minimum Gasteiger partial charge on any atom is -0.364 e. The predicted molar refractivity (Wildman–Crippen MR) is 79.6 cm³/mol. The highest BCUT2D eigenvalue weighted by molar-refractivity contribution is 5.52. The number of nitrogens with zero attached hydrogens (tertiary/aromatic N) is 2. The first-order chi connectivity index (χ1) is 9.24. The highest BCUT2D eigenvalue weighted by atomic mass is 15.3. The van der Waals surface area contributed by atoms with Crippen molar-refractivity contribution in [2.75, 3.05) is 18.0 Å². The molecule has 1 atom stereocenters. The summed E-state index contributed by atoms with van der Waals surface area (Å²) in [6, 6.07) is 4.91. The molecule has 104 valence electrons. The number of aromatic nitrogens is 1. The van der Waals surface area contributed by atoms with Gasteiger partial charge in [-0.15, -0.1) is 0 Å². The Bertz CT molecular complexity index is 437. The molecule has 1 spiro atoms. The van der Waals surface area contributed by atoms with Gasteiger partial charge in [0, 0.05) is 30.9 Å². The van der Waals surface area contributed by atoms with Gasteiger partial charge in [-0.1, -0.05) is 19.8 Å². The summed E-state index contributed by atoms with van der Waals surface area (Å²) < 4.78 is 0. The summed E-state index contributed by atoms with van der Waals surface area (Å²) >= 11 is 0. The summed E-state index contributed by atoms with van der Waals surface area (Å²) in [5.74, 6) is 0. The molecule has 0 amide bonds. The van der Waals surface area contributed by atoms with Crippen molar-refractivity contribution in [1.29, 1.82) is 0 Å². The first kappa shape index (κ1) is 12.9. The molecule has 1 saturated carbocycles. The van der Waals surface area contributed by atoms with E-state index in [4.69, 9.17) is 0 Å². The van der Waals surface area contributed by atoms with E-state index in [2.05, 4.69) is 41.2 Å². The molecule has 0 aromatic carbocycles. The largest absolute Gasteiger partial charge is 0.364 e. The number of rotatable bonds is 2. The van der Waals surface area contributed by atoms with Crippen molar-refractivity contribution in [2.45, 2.75) is 57.5 Å². The number of piperazine rings is 1. The highest BCUT2D eigenvalue weighted by Gasteiger charge is 2.40. The van der Waals surface area contributed by atoms with E-state index in [-0.39, 0.29) is 0 Å². The van der Waals surface area contributed by atoms with Crippen LogP contribution in [0.4, 0.5) is 5.69 Å². The van der Waals surface area contributed by atoms with Crippen LogP contribution < -0.4 is 10.2 Å². The summed E-state index contributed by atoms with van der Waals surface area (Å²) in [5, 5.41) is 3.85. The lowest BCUT2D eigenvalue weighted by molar-refractivity contribution is 0.267. The molecule has 2 fully saturated rings. The van der Waals surface area contributed by atoms with Crippen LogP contribution in [0, 0.1) is 6.92 Å². The molecule has 1 aromatic rings. The molecule has 1 unspecified atom stereocenters. The third kappa shape index (κ3) is 2.36. The smallest absolute Gasteiger partial charge is 0.0605 e. The Morgan fingerprint density at radius 3 is 2.89 bits per heavy atom. The number of anilines is 1. The molecule has 0 radical (unpaired) electrons. The van der Waals surface area contributed by atoms with Crippen molar-refractivity contribution in [2.24, 2.45) is 0 Å². The molecule has 2 heterocycles. The Kier molecular flexibility index (Phi) is 3.48. The molecule has 1 aromatic heterocycles. The van der Waals surface area contributed by atoms with Gasteiger partial charge < -0.3 is 10.2 Å². The van der Waals surface area contributed by atoms with Crippen molar-refractivity contribution in [3.63, 3.8) is 0 Å². The van der Waals surface area contributed by atoms with Gasteiger partial charge in [0.15, 0.2) is 0 Å². The molecule has 1 aliphatic heterocycles. The summed E-state index contributed by atoms with van der Waals surface area (Å²) in [5.41, 5.74) is 2.87. The van der Waals surface area contributed by atoms with Crippen LogP contribution >= 0.6 is 0 Å². The van der Waals surface area contributed by atoms with E-state index in [1.165, 1.54) is 37.8 Å². The van der Waals surface area contributed by atoms with E-state index >= 15 is 0 Å². The minimum absolute atomic E-state index is 0.369. The maximum atomic E-state index is 4.48. The van der Waals surface area contributed by atoms with Gasteiger partial charge in [0.05, 0.1) is 11.4 Å². The topological polar surface area (TPSA) is 28.2 Å². The molecule has 0 bridgehead atoms. The van der Waals surface area contributed by atoms with E-state index in [0.717, 1.165) is 18.8 Å². The second-order valence-corrected chi connectivity index (χ2v) is 6.17. The van der Waals surface area contributed by atoms with Crippen LogP contribution in [0.5, 0.6) is 0 Å². The number of aryl methyl sites for hydroxylation is 1. The molecule has 3 heteroatoms. The summed E-state index contributed by atoms with van der Waals surface area (Å²) in [7, 11) is 0. The zero-order valence-electron chi connectivity index (χ0n) is 12.2. The van der Waals surface area contributed by atoms with Crippen molar-refractivity contribution in [3.8, 4) is 0 Å². The molecule has 3 rings (SSSR count). The van der Waals surface area contributed by atoms with E-state index in [1.807, 2.05) is 6.20 Å². The van der Waals surface area contributed by atoms with Gasteiger partial charge in [0.2, 0.25) is 0 Å². The van der Waals surface area contributed by atoms with Gasteiger partial charge >= 0.3 is 0 Å². The van der Waals surface area contributed by atoms with Crippen molar-refractivity contribution >= 4 is 5.69 Å². The minimum atomic E-state index is 0.369. The van der Waals surface area contributed by atoms with Crippen LogP contribution in [-0.2, 0) is 0 Å². The lowest BCUT2D eigenvalue weighted by atomic mass is 9.91. The first-order valence-corrected chi connectivity index (χ1v) is 7.67. The molecule has 19 heavy (non-hydrogen) atoms. The number of pyridine rings is 1. The number of hydrogen-bond acceptors (Lipinski definition) is 3. The molecular weight excluding hydrogens is 234 g/mol. The van der Waals surface area contributed by atoms with Crippen molar-refractivity contribution in [3.05, 3.63) is 24.0 Å². The Balaban J connectivity index is 1.89. The summed E-state index contributed by atoms with van der Waals surface area (Å²) in [4.78, 5) is 7.09. The normalized spacial score (nSPS) is 26.0. The molecule has 3 nitrogen and oxygen atoms in total. The fourth-order valence-electron chi connectivity index (χ4n) is 3.77. The maximum absolute atomic E-state index is 4.48. The zero-order chi connectivity index (χ0) is 13.3. The summed E-state index contributed by atoms with van der Waals surface area (Å²) in [6.45, 7) is 6.69. The van der Waals surface area contributed by atoms with E-state index < -0.39 is 0 Å². The highest BCUT2D eigenvalue weighted by Crippen LogP contribution is 2.36. The van der Waals surface area contributed by atoms with Crippen LogP contribution in [0.2, 0.25) is 0 Å². The van der Waals surface area contributed by atoms with Gasteiger partial charge in [0.25, 0.3) is 0 Å². The van der Waals surface area contributed by atoms with Crippen molar-refractivity contribution < 1.29 is 0 Å². The fourth-order valence-corrected chi connectivity index (χ4v) is 3.77. The van der Waals surface area contributed by atoms with E-state index in [1.54, 1.807) is 0 Å². The second kappa shape index (κ2) is 5.12. The molecular formula is C16H25N3. The number of nitrogens with one attached hydrogen (secondary N) is 1. The monoisotopic (exact) mass is 259 g/mol. The number of hydrogen-bond donors (Lipinski definition) is 1. The lowest BCUT2D eigenvalue weighted by Gasteiger charge is -2.47. The first-order valence-electron chi connectivity index (χ1n) is 7.67. The average molecular weight is 259 g/mol. The fraction of sp³-hybridized carbons (Fsp3) is 0.688. The quantitative estimate of drug-likeness (QED) is 0.885. The SMILES string of the molecule is CCC1CNC2(CCCC2)CN1c1cccnc1C. The molecule has 1 aliphatic carbocycles. The zero-order valence-corrected chi connectivity index (χ0v) is 12.2. The van der Waals surface area contributed by atoms with Crippen LogP contribution in [0.1, 0.15) is 44.7 Å². The van der Waals surface area contributed by atoms with Gasteiger partial charge in [0.1, 0.15) is 0 Å². The Hall–Kier alpha value is -1.09. The molecule has 1 saturated heterocycles. The van der Waals surface area contributed by atoms with Crippen LogP contribution in [-0.4, -0.2) is 29.7 Å².